The van der Waals surface area contributed by atoms with Crippen molar-refractivity contribution in [3.8, 4) is 11.8 Å². The molecule has 1 amide bonds. The highest BCUT2D eigenvalue weighted by molar-refractivity contribution is 5.92. The van der Waals surface area contributed by atoms with Crippen molar-refractivity contribution >= 4 is 11.6 Å². The van der Waals surface area contributed by atoms with E-state index in [0.717, 1.165) is 11.3 Å². The van der Waals surface area contributed by atoms with E-state index in [1.165, 1.54) is 0 Å². The molecule has 0 spiro atoms. The van der Waals surface area contributed by atoms with Gasteiger partial charge in [0.15, 0.2) is 0 Å². The number of carbonyl (C=O) groups is 1. The van der Waals surface area contributed by atoms with Gasteiger partial charge in [0, 0.05) is 18.2 Å². The van der Waals surface area contributed by atoms with Gasteiger partial charge in [-0.1, -0.05) is 12.1 Å². The number of hydrogen-bond acceptors (Lipinski definition) is 4. The van der Waals surface area contributed by atoms with E-state index in [4.69, 9.17) is 15.7 Å². The molecule has 0 aromatic heterocycles. The van der Waals surface area contributed by atoms with E-state index in [1.54, 1.807) is 43.5 Å². The Morgan fingerprint density at radius 2 is 2.14 bits per heavy atom. The van der Waals surface area contributed by atoms with Crippen LogP contribution in [0.5, 0.6) is 5.75 Å². The fourth-order valence-electron chi connectivity index (χ4n) is 1.94. The highest BCUT2D eigenvalue weighted by atomic mass is 16.5. The Balaban J connectivity index is 2.15. The maximum absolute atomic E-state index is 11.1. The molecule has 0 bridgehead atoms. The van der Waals surface area contributed by atoms with Crippen LogP contribution in [0.4, 0.5) is 5.69 Å². The third-order valence-electron chi connectivity index (χ3n) is 3.03. The van der Waals surface area contributed by atoms with Crippen LogP contribution in [0.15, 0.2) is 42.5 Å². The van der Waals surface area contributed by atoms with Crippen molar-refractivity contribution in [2.45, 2.75) is 6.54 Å². The summed E-state index contributed by atoms with van der Waals surface area (Å²) in [5.74, 6) is 0.146. The lowest BCUT2D eigenvalue weighted by Gasteiger charge is -2.11. The SMILES string of the molecule is COc1cc(C#N)ccc1NCc1cccc(C(N)=O)c1. The van der Waals surface area contributed by atoms with E-state index >= 15 is 0 Å². The summed E-state index contributed by atoms with van der Waals surface area (Å²) < 4.78 is 5.25. The van der Waals surface area contributed by atoms with E-state index in [-0.39, 0.29) is 0 Å². The molecule has 0 radical (unpaired) electrons. The summed E-state index contributed by atoms with van der Waals surface area (Å²) in [5, 5.41) is 12.1. The summed E-state index contributed by atoms with van der Waals surface area (Å²) in [6, 6.07) is 14.3. The monoisotopic (exact) mass is 281 g/mol. The molecule has 2 aromatic carbocycles. The summed E-state index contributed by atoms with van der Waals surface area (Å²) in [6.45, 7) is 0.517. The molecule has 0 aliphatic rings. The number of nitriles is 1. The second-order valence-electron chi connectivity index (χ2n) is 4.45. The molecule has 0 aliphatic heterocycles. The van der Waals surface area contributed by atoms with E-state index in [0.29, 0.717) is 23.4 Å². The lowest BCUT2D eigenvalue weighted by atomic mass is 10.1. The number of anilines is 1. The molecular weight excluding hydrogens is 266 g/mol. The Morgan fingerprint density at radius 3 is 2.81 bits per heavy atom. The molecule has 0 unspecified atom stereocenters. The smallest absolute Gasteiger partial charge is 0.248 e. The van der Waals surface area contributed by atoms with Gasteiger partial charge in [-0.15, -0.1) is 0 Å². The van der Waals surface area contributed by atoms with Gasteiger partial charge in [-0.2, -0.15) is 5.26 Å². The highest BCUT2D eigenvalue weighted by Crippen LogP contribution is 2.25. The molecule has 2 aromatic rings. The van der Waals surface area contributed by atoms with Crippen LogP contribution in [0.3, 0.4) is 0 Å². The summed E-state index contributed by atoms with van der Waals surface area (Å²) in [7, 11) is 1.55. The topological polar surface area (TPSA) is 88.1 Å². The molecule has 106 valence electrons. The number of amides is 1. The van der Waals surface area contributed by atoms with Crippen molar-refractivity contribution in [1.82, 2.24) is 0 Å². The number of nitrogens with one attached hydrogen (secondary N) is 1. The molecule has 0 fully saturated rings. The van der Waals surface area contributed by atoms with Crippen LogP contribution in [-0.4, -0.2) is 13.0 Å². The van der Waals surface area contributed by atoms with E-state index in [9.17, 15) is 4.79 Å². The third-order valence-corrected chi connectivity index (χ3v) is 3.03. The number of rotatable bonds is 5. The van der Waals surface area contributed by atoms with Crippen molar-refractivity contribution in [1.29, 1.82) is 5.26 Å². The molecule has 0 atom stereocenters. The Hall–Kier alpha value is -3.00. The number of nitrogens with zero attached hydrogens (tertiary/aromatic N) is 1. The van der Waals surface area contributed by atoms with Crippen molar-refractivity contribution in [3.05, 3.63) is 59.2 Å². The van der Waals surface area contributed by atoms with E-state index < -0.39 is 5.91 Å². The van der Waals surface area contributed by atoms with E-state index in [2.05, 4.69) is 11.4 Å². The van der Waals surface area contributed by atoms with Crippen molar-refractivity contribution in [3.63, 3.8) is 0 Å². The minimum Gasteiger partial charge on any atom is -0.495 e. The largest absolute Gasteiger partial charge is 0.495 e. The number of methoxy groups -OCH3 is 1. The highest BCUT2D eigenvalue weighted by Gasteiger charge is 2.05. The third kappa shape index (κ3) is 3.51. The van der Waals surface area contributed by atoms with Gasteiger partial charge in [-0.25, -0.2) is 0 Å². The summed E-state index contributed by atoms with van der Waals surface area (Å²) >= 11 is 0. The van der Waals surface area contributed by atoms with Gasteiger partial charge < -0.3 is 15.8 Å². The van der Waals surface area contributed by atoms with Crippen LogP contribution in [0.2, 0.25) is 0 Å². The number of carbonyl (C=O) groups excluding carboxylic acids is 1. The van der Waals surface area contributed by atoms with Crippen LogP contribution in [-0.2, 0) is 6.54 Å². The fraction of sp³-hybridized carbons (Fsp3) is 0.125. The summed E-state index contributed by atoms with van der Waals surface area (Å²) in [6.07, 6.45) is 0. The van der Waals surface area contributed by atoms with Gasteiger partial charge in [-0.05, 0) is 29.8 Å². The molecule has 5 nitrogen and oxygen atoms in total. The molecule has 0 aliphatic carbocycles. The molecule has 3 N–H and O–H groups in total. The first-order valence-corrected chi connectivity index (χ1v) is 6.35. The number of hydrogen-bond donors (Lipinski definition) is 2. The standard InChI is InChI=1S/C16H15N3O2/c1-21-15-8-11(9-17)5-6-14(15)19-10-12-3-2-4-13(7-12)16(18)20/h2-8,19H,10H2,1H3,(H2,18,20). The van der Waals surface area contributed by atoms with Gasteiger partial charge in [-0.3, -0.25) is 4.79 Å². The van der Waals surface area contributed by atoms with Crippen molar-refractivity contribution < 1.29 is 9.53 Å². The number of primary amides is 1. The van der Waals surface area contributed by atoms with Crippen molar-refractivity contribution in [2.24, 2.45) is 5.73 Å². The zero-order chi connectivity index (χ0) is 15.2. The summed E-state index contributed by atoms with van der Waals surface area (Å²) in [4.78, 5) is 11.1. The van der Waals surface area contributed by atoms with Crippen LogP contribution in [0.1, 0.15) is 21.5 Å². The molecule has 21 heavy (non-hydrogen) atoms. The summed E-state index contributed by atoms with van der Waals surface area (Å²) in [5.41, 5.74) is 7.97. The molecule has 0 heterocycles. The minimum absolute atomic E-state index is 0.451. The van der Waals surface area contributed by atoms with Gasteiger partial charge in [0.1, 0.15) is 5.75 Å². The minimum atomic E-state index is -0.451. The second kappa shape index (κ2) is 6.44. The molecule has 0 saturated carbocycles. The van der Waals surface area contributed by atoms with Crippen molar-refractivity contribution in [2.75, 3.05) is 12.4 Å². The second-order valence-corrected chi connectivity index (χ2v) is 4.45. The Labute approximate surface area is 123 Å². The zero-order valence-corrected chi connectivity index (χ0v) is 11.6. The number of ether oxygens (including phenoxy) is 1. The van der Waals surface area contributed by atoms with E-state index in [1.807, 2.05) is 6.07 Å². The normalized spacial score (nSPS) is 9.71. The Bertz CT molecular complexity index is 705. The average molecular weight is 281 g/mol. The lowest BCUT2D eigenvalue weighted by Crippen LogP contribution is -2.11. The number of benzene rings is 2. The maximum atomic E-state index is 11.1. The van der Waals surface area contributed by atoms with Gasteiger partial charge >= 0.3 is 0 Å². The molecule has 5 heteroatoms. The fourth-order valence-corrected chi connectivity index (χ4v) is 1.94. The first-order chi connectivity index (χ1) is 10.1. The quantitative estimate of drug-likeness (QED) is 0.880. The van der Waals surface area contributed by atoms with Gasteiger partial charge in [0.25, 0.3) is 0 Å². The number of nitrogens with two attached hydrogens (primary N) is 1. The Morgan fingerprint density at radius 1 is 1.33 bits per heavy atom. The van der Waals surface area contributed by atoms with Crippen LogP contribution >= 0.6 is 0 Å². The zero-order valence-electron chi connectivity index (χ0n) is 11.6. The molecular formula is C16H15N3O2. The van der Waals surface area contributed by atoms with Gasteiger partial charge in [0.05, 0.1) is 24.4 Å². The lowest BCUT2D eigenvalue weighted by molar-refractivity contribution is 0.1000. The van der Waals surface area contributed by atoms with Gasteiger partial charge in [0.2, 0.25) is 5.91 Å². The van der Waals surface area contributed by atoms with Crippen LogP contribution < -0.4 is 15.8 Å². The molecule has 2 rings (SSSR count). The molecule has 0 saturated heterocycles. The van der Waals surface area contributed by atoms with Crippen LogP contribution in [0, 0.1) is 11.3 Å². The predicted octanol–water partition coefficient (Wildman–Crippen LogP) is 2.28. The first kappa shape index (κ1) is 14.4. The Kier molecular flexibility index (Phi) is 4.42. The average Bonchev–Trinajstić information content (AvgIpc) is 2.53. The van der Waals surface area contributed by atoms with Crippen LogP contribution in [0.25, 0.3) is 0 Å². The maximum Gasteiger partial charge on any atom is 0.248 e. The first-order valence-electron chi connectivity index (χ1n) is 6.35. The predicted molar refractivity (Wildman–Crippen MR) is 80.0 cm³/mol.